The van der Waals surface area contributed by atoms with Crippen molar-refractivity contribution < 1.29 is 14.7 Å². The van der Waals surface area contributed by atoms with Gasteiger partial charge in [-0.15, -0.1) is 0 Å². The summed E-state index contributed by atoms with van der Waals surface area (Å²) in [7, 11) is 1.61. The molecule has 0 rings (SSSR count). The number of hydrogen-bond acceptors (Lipinski definition) is 3. The summed E-state index contributed by atoms with van der Waals surface area (Å²) in [6, 6.07) is -0.593. The second-order valence-corrected chi connectivity index (χ2v) is 6.45. The first-order chi connectivity index (χ1) is 7.84. The molecule has 106 valence electrons. The zero-order valence-corrected chi connectivity index (χ0v) is 12.5. The number of carbonyl (C=O) groups excluding carboxylic acids is 2. The maximum Gasteiger partial charge on any atom is 0.244 e. The van der Waals surface area contributed by atoms with E-state index in [1.54, 1.807) is 48.6 Å². The van der Waals surface area contributed by atoms with Crippen LogP contribution >= 0.6 is 0 Å². The molecule has 18 heavy (non-hydrogen) atoms. The van der Waals surface area contributed by atoms with Crippen LogP contribution in [-0.4, -0.2) is 47.1 Å². The van der Waals surface area contributed by atoms with Crippen LogP contribution in [0.5, 0.6) is 0 Å². The van der Waals surface area contributed by atoms with Crippen LogP contribution in [0.4, 0.5) is 0 Å². The molecule has 2 N–H and O–H groups in total. The second-order valence-electron chi connectivity index (χ2n) is 6.45. The van der Waals surface area contributed by atoms with Crippen LogP contribution in [-0.2, 0) is 9.59 Å². The molecule has 0 bridgehead atoms. The third kappa shape index (κ3) is 6.00. The smallest absolute Gasteiger partial charge is 0.244 e. The molecule has 1 unspecified atom stereocenters. The Morgan fingerprint density at radius 1 is 1.22 bits per heavy atom. The maximum absolute atomic E-state index is 12.0. The van der Waals surface area contributed by atoms with Gasteiger partial charge in [-0.1, -0.05) is 20.8 Å². The molecule has 2 amide bonds. The molecule has 5 heteroatoms. The van der Waals surface area contributed by atoms with E-state index in [0.29, 0.717) is 0 Å². The van der Waals surface area contributed by atoms with Crippen LogP contribution < -0.4 is 5.32 Å². The monoisotopic (exact) mass is 258 g/mol. The lowest BCUT2D eigenvalue weighted by Gasteiger charge is -2.29. The summed E-state index contributed by atoms with van der Waals surface area (Å²) in [6.07, 6.45) is 0. The molecule has 0 fully saturated rings. The van der Waals surface area contributed by atoms with Gasteiger partial charge in [0.15, 0.2) is 0 Å². The molecule has 0 radical (unpaired) electrons. The summed E-state index contributed by atoms with van der Waals surface area (Å²) in [6.45, 7) is 10.5. The Kier molecular flexibility index (Phi) is 5.35. The van der Waals surface area contributed by atoms with E-state index in [9.17, 15) is 14.7 Å². The molecule has 0 aromatic rings. The predicted molar refractivity (Wildman–Crippen MR) is 71.0 cm³/mol. The van der Waals surface area contributed by atoms with Gasteiger partial charge in [0.05, 0.1) is 5.60 Å². The van der Waals surface area contributed by atoms with Crippen LogP contribution in [0, 0.1) is 5.41 Å². The molecule has 0 aromatic carbocycles. The van der Waals surface area contributed by atoms with E-state index >= 15 is 0 Å². The van der Waals surface area contributed by atoms with Crippen molar-refractivity contribution in [1.82, 2.24) is 10.2 Å². The predicted octanol–water partition coefficient (Wildman–Crippen LogP) is 0.766. The third-order valence-electron chi connectivity index (χ3n) is 2.40. The fraction of sp³-hybridized carbons (Fsp3) is 0.846. The van der Waals surface area contributed by atoms with Crippen LogP contribution in [0.1, 0.15) is 41.5 Å². The minimum absolute atomic E-state index is 0.167. The van der Waals surface area contributed by atoms with Crippen molar-refractivity contribution in [3.8, 4) is 0 Å². The third-order valence-corrected chi connectivity index (χ3v) is 2.40. The van der Waals surface area contributed by atoms with Gasteiger partial charge >= 0.3 is 0 Å². The van der Waals surface area contributed by atoms with Gasteiger partial charge < -0.3 is 15.3 Å². The van der Waals surface area contributed by atoms with Gasteiger partial charge in [-0.05, 0) is 20.8 Å². The Morgan fingerprint density at radius 2 is 1.67 bits per heavy atom. The van der Waals surface area contributed by atoms with E-state index in [1.165, 1.54) is 4.90 Å². The zero-order chi connectivity index (χ0) is 14.7. The Balaban J connectivity index is 4.48. The highest BCUT2D eigenvalue weighted by molar-refractivity contribution is 5.89. The van der Waals surface area contributed by atoms with Gasteiger partial charge in [0.1, 0.15) is 6.04 Å². The Hall–Kier alpha value is -1.10. The fourth-order valence-corrected chi connectivity index (χ4v) is 1.46. The van der Waals surface area contributed by atoms with Gasteiger partial charge in [0.2, 0.25) is 11.8 Å². The van der Waals surface area contributed by atoms with Crippen LogP contribution in [0.2, 0.25) is 0 Å². The van der Waals surface area contributed by atoms with Crippen molar-refractivity contribution in [2.45, 2.75) is 53.2 Å². The number of nitrogens with zero attached hydrogens (tertiary/aromatic N) is 1. The number of amides is 2. The number of hydrogen-bond donors (Lipinski definition) is 2. The minimum atomic E-state index is -0.946. The molecule has 0 aliphatic carbocycles. The second kappa shape index (κ2) is 5.69. The first-order valence-electron chi connectivity index (χ1n) is 6.13. The van der Waals surface area contributed by atoms with E-state index in [1.807, 2.05) is 0 Å². The van der Waals surface area contributed by atoms with E-state index in [4.69, 9.17) is 0 Å². The number of carbonyl (C=O) groups is 2. The molecule has 0 aromatic heterocycles. The summed E-state index contributed by atoms with van der Waals surface area (Å²) in [5, 5.41) is 12.3. The van der Waals surface area contributed by atoms with Gasteiger partial charge in [-0.3, -0.25) is 9.59 Å². The quantitative estimate of drug-likeness (QED) is 0.782. The van der Waals surface area contributed by atoms with Gasteiger partial charge in [-0.2, -0.15) is 0 Å². The highest BCUT2D eigenvalue weighted by Gasteiger charge is 2.28. The molecule has 0 spiro atoms. The molecule has 1 atom stereocenters. The van der Waals surface area contributed by atoms with E-state index in [0.717, 1.165) is 0 Å². The molecule has 0 saturated carbocycles. The fourth-order valence-electron chi connectivity index (χ4n) is 1.46. The standard InChI is InChI=1S/C13H26N2O3/c1-9(14-11(17)12(2,3)4)10(16)15(7)8-13(5,6)18/h9,18H,8H2,1-7H3,(H,14,17). The Bertz CT molecular complexity index is 313. The molecule has 0 aliphatic heterocycles. The van der Waals surface area contributed by atoms with Crippen molar-refractivity contribution in [2.75, 3.05) is 13.6 Å². The van der Waals surface area contributed by atoms with E-state index < -0.39 is 17.1 Å². The summed E-state index contributed by atoms with van der Waals surface area (Å²) < 4.78 is 0. The van der Waals surface area contributed by atoms with E-state index in [-0.39, 0.29) is 18.4 Å². The Labute approximate surface area is 110 Å². The number of aliphatic hydroxyl groups is 1. The number of rotatable bonds is 4. The SMILES string of the molecule is CC(NC(=O)C(C)(C)C)C(=O)N(C)CC(C)(C)O. The van der Waals surface area contributed by atoms with E-state index in [2.05, 4.69) is 5.32 Å². The maximum atomic E-state index is 12.0. The summed E-state index contributed by atoms with van der Waals surface area (Å²) >= 11 is 0. The summed E-state index contributed by atoms with van der Waals surface area (Å²) in [5.41, 5.74) is -1.47. The molecule has 0 aliphatic rings. The lowest BCUT2D eigenvalue weighted by atomic mass is 9.95. The number of nitrogens with one attached hydrogen (secondary N) is 1. The van der Waals surface area contributed by atoms with Crippen LogP contribution in [0.25, 0.3) is 0 Å². The van der Waals surface area contributed by atoms with Crippen molar-refractivity contribution in [2.24, 2.45) is 5.41 Å². The average Bonchev–Trinajstić information content (AvgIpc) is 2.11. The lowest BCUT2D eigenvalue weighted by Crippen LogP contribution is -2.51. The number of likely N-dealkylation sites (N-methyl/N-ethyl adjacent to an activating group) is 1. The molecule has 0 heterocycles. The van der Waals surface area contributed by atoms with Crippen molar-refractivity contribution in [3.05, 3.63) is 0 Å². The largest absolute Gasteiger partial charge is 0.389 e. The van der Waals surface area contributed by atoms with Gasteiger partial charge in [0.25, 0.3) is 0 Å². The molecule has 0 saturated heterocycles. The highest BCUT2D eigenvalue weighted by atomic mass is 16.3. The van der Waals surface area contributed by atoms with Crippen molar-refractivity contribution >= 4 is 11.8 Å². The van der Waals surface area contributed by atoms with Crippen molar-refractivity contribution in [1.29, 1.82) is 0 Å². The molecular weight excluding hydrogens is 232 g/mol. The first-order valence-corrected chi connectivity index (χ1v) is 6.13. The average molecular weight is 258 g/mol. The molecule has 5 nitrogen and oxygen atoms in total. The Morgan fingerprint density at radius 3 is 2.00 bits per heavy atom. The molecular formula is C13H26N2O3. The summed E-state index contributed by atoms with van der Waals surface area (Å²) in [5.74, 6) is -0.380. The normalized spacial score (nSPS) is 14.0. The van der Waals surface area contributed by atoms with Gasteiger partial charge in [0, 0.05) is 19.0 Å². The van der Waals surface area contributed by atoms with Crippen LogP contribution in [0.15, 0.2) is 0 Å². The van der Waals surface area contributed by atoms with Gasteiger partial charge in [-0.25, -0.2) is 0 Å². The summed E-state index contributed by atoms with van der Waals surface area (Å²) in [4.78, 5) is 25.2. The lowest BCUT2D eigenvalue weighted by molar-refractivity contribution is -0.139. The van der Waals surface area contributed by atoms with Crippen molar-refractivity contribution in [3.63, 3.8) is 0 Å². The highest BCUT2D eigenvalue weighted by Crippen LogP contribution is 2.13. The topological polar surface area (TPSA) is 69.6 Å². The minimum Gasteiger partial charge on any atom is -0.389 e. The first kappa shape index (κ1) is 16.9. The zero-order valence-electron chi connectivity index (χ0n) is 12.5. The van der Waals surface area contributed by atoms with Crippen LogP contribution in [0.3, 0.4) is 0 Å².